The molecular formula is C21H14Cl2F2N6O4. The molecule has 0 radical (unpaired) electrons. The molecule has 3 amide bonds. The van der Waals surface area contributed by atoms with Crippen LogP contribution in [0.1, 0.15) is 12.8 Å². The number of anilines is 1. The van der Waals surface area contributed by atoms with Crippen LogP contribution in [0.4, 0.5) is 19.3 Å². The second-order valence-corrected chi connectivity index (χ2v) is 8.82. The number of nitriles is 1. The fourth-order valence-electron chi connectivity index (χ4n) is 3.91. The highest BCUT2D eigenvalue weighted by atomic mass is 35.5. The van der Waals surface area contributed by atoms with Crippen LogP contribution in [0.25, 0.3) is 11.0 Å². The van der Waals surface area contributed by atoms with E-state index in [2.05, 4.69) is 10.4 Å². The number of hydrogen-bond acceptors (Lipinski definition) is 6. The summed E-state index contributed by atoms with van der Waals surface area (Å²) < 4.78 is 34.2. The van der Waals surface area contributed by atoms with Gasteiger partial charge in [-0.3, -0.25) is 14.7 Å². The Hall–Kier alpha value is -3.66. The van der Waals surface area contributed by atoms with Gasteiger partial charge in [-0.15, -0.1) is 0 Å². The molecule has 0 bridgehead atoms. The molecule has 3 aromatic rings. The first-order valence-corrected chi connectivity index (χ1v) is 10.9. The first-order valence-electron chi connectivity index (χ1n) is 10.2. The number of amides is 3. The number of ether oxygens (including phenoxy) is 1. The summed E-state index contributed by atoms with van der Waals surface area (Å²) in [5.41, 5.74) is 1.01. The van der Waals surface area contributed by atoms with Crippen molar-refractivity contribution in [2.24, 2.45) is 0 Å². The van der Waals surface area contributed by atoms with E-state index in [1.165, 1.54) is 30.3 Å². The molecule has 0 spiro atoms. The van der Waals surface area contributed by atoms with Crippen molar-refractivity contribution in [1.82, 2.24) is 20.3 Å². The zero-order chi connectivity index (χ0) is 25.1. The largest absolute Gasteiger partial charge is 0.454 e. The van der Waals surface area contributed by atoms with Crippen LogP contribution >= 0.6 is 23.2 Å². The number of benzene rings is 2. The van der Waals surface area contributed by atoms with E-state index < -0.39 is 35.6 Å². The molecule has 1 aliphatic carbocycles. The number of fused-ring (bicyclic) bond motifs is 1. The molecule has 14 heteroatoms. The average molecular weight is 523 g/mol. The Bertz CT molecular complexity index is 1470. The third-order valence-corrected chi connectivity index (χ3v) is 6.37. The van der Waals surface area contributed by atoms with Gasteiger partial charge in [-0.25, -0.2) is 23.4 Å². The number of imidazole rings is 1. The minimum Gasteiger partial charge on any atom is -0.454 e. The molecule has 3 N–H and O–H groups in total. The lowest BCUT2D eigenvalue weighted by atomic mass is 10.2. The zero-order valence-electron chi connectivity index (χ0n) is 17.4. The van der Waals surface area contributed by atoms with Gasteiger partial charge in [0.2, 0.25) is 0 Å². The topological polar surface area (TPSA) is 132 Å². The average Bonchev–Trinajstić information content (AvgIpc) is 3.53. The van der Waals surface area contributed by atoms with E-state index >= 15 is 0 Å². The van der Waals surface area contributed by atoms with Gasteiger partial charge in [-0.2, -0.15) is 10.7 Å². The molecule has 1 atom stereocenters. The Kier molecular flexibility index (Phi) is 5.43. The van der Waals surface area contributed by atoms with Crippen molar-refractivity contribution in [1.29, 1.82) is 5.26 Å². The quantitative estimate of drug-likeness (QED) is 0.468. The monoisotopic (exact) mass is 522 g/mol. The SMILES string of the molecule is N#CC1NN(c2cc(Cl)c(Oc3ccc4[nH]c(=O)n(C5(C(F)F)CC5)c4c3)c(Cl)c2)C(=O)NC1=O. The van der Waals surface area contributed by atoms with Crippen LogP contribution in [0.2, 0.25) is 10.0 Å². The van der Waals surface area contributed by atoms with Gasteiger partial charge in [0.05, 0.1) is 32.8 Å². The number of aromatic nitrogens is 2. The van der Waals surface area contributed by atoms with Crippen LogP contribution in [-0.2, 0) is 10.3 Å². The summed E-state index contributed by atoms with van der Waals surface area (Å²) in [4.78, 5) is 38.8. The Balaban J connectivity index is 1.48. The number of H-pyrrole nitrogens is 1. The number of nitrogens with one attached hydrogen (secondary N) is 3. The second kappa shape index (κ2) is 8.23. The number of halogens is 4. The van der Waals surface area contributed by atoms with Crippen LogP contribution in [-0.4, -0.2) is 34.0 Å². The number of alkyl halides is 2. The van der Waals surface area contributed by atoms with Crippen LogP contribution in [0.5, 0.6) is 11.5 Å². The van der Waals surface area contributed by atoms with Gasteiger partial charge in [0, 0.05) is 6.07 Å². The van der Waals surface area contributed by atoms with E-state index in [1.807, 2.05) is 5.32 Å². The highest BCUT2D eigenvalue weighted by molar-refractivity contribution is 6.37. The third-order valence-electron chi connectivity index (χ3n) is 5.81. The van der Waals surface area contributed by atoms with Crippen molar-refractivity contribution in [2.45, 2.75) is 30.8 Å². The lowest BCUT2D eigenvalue weighted by Gasteiger charge is -2.30. The van der Waals surface area contributed by atoms with Gasteiger partial charge in [-0.1, -0.05) is 23.2 Å². The lowest BCUT2D eigenvalue weighted by Crippen LogP contribution is -2.64. The molecule has 1 unspecified atom stereocenters. The Morgan fingerprint density at radius 1 is 1.14 bits per heavy atom. The third kappa shape index (κ3) is 3.78. The number of rotatable bonds is 5. The maximum absolute atomic E-state index is 13.7. The van der Waals surface area contributed by atoms with Gasteiger partial charge >= 0.3 is 11.7 Å². The van der Waals surface area contributed by atoms with E-state index in [0.29, 0.717) is 5.52 Å². The fourth-order valence-corrected chi connectivity index (χ4v) is 4.46. The molecule has 1 aromatic heterocycles. The van der Waals surface area contributed by atoms with E-state index in [0.717, 1.165) is 9.58 Å². The van der Waals surface area contributed by atoms with Crippen molar-refractivity contribution < 1.29 is 23.1 Å². The Morgan fingerprint density at radius 3 is 2.43 bits per heavy atom. The van der Waals surface area contributed by atoms with Crippen molar-refractivity contribution in [3.05, 3.63) is 50.9 Å². The zero-order valence-corrected chi connectivity index (χ0v) is 19.0. The summed E-state index contributed by atoms with van der Waals surface area (Å²) in [6, 6.07) is 6.65. The second-order valence-electron chi connectivity index (χ2n) is 8.01. The standard InChI is InChI=1S/C21H14Cl2F2N6O4/c22-11-5-9(31-20(34)28-17(32)14(8-26)29-31)6-12(23)16(11)35-10-1-2-13-15(7-10)30(19(33)27-13)21(3-4-21)18(24)25/h1-2,5-7,14,18,29H,3-4H2,(H,27,33)(H,28,32,34). The fraction of sp³-hybridized carbons (Fsp3) is 0.238. The molecular weight excluding hydrogens is 509 g/mol. The molecule has 1 aliphatic heterocycles. The maximum Gasteiger partial charge on any atom is 0.343 e. The summed E-state index contributed by atoms with van der Waals surface area (Å²) in [7, 11) is 0. The van der Waals surface area contributed by atoms with E-state index in [4.69, 9.17) is 33.2 Å². The molecule has 2 fully saturated rings. The summed E-state index contributed by atoms with van der Waals surface area (Å²) >= 11 is 12.7. The molecule has 2 aromatic carbocycles. The molecule has 1 saturated heterocycles. The number of hydrazine groups is 1. The molecule has 1 saturated carbocycles. The van der Waals surface area contributed by atoms with E-state index in [-0.39, 0.29) is 45.6 Å². The number of carbonyl (C=O) groups is 2. The van der Waals surface area contributed by atoms with Crippen molar-refractivity contribution >= 4 is 51.9 Å². The number of urea groups is 1. The van der Waals surface area contributed by atoms with Gasteiger partial charge in [0.1, 0.15) is 11.3 Å². The summed E-state index contributed by atoms with van der Waals surface area (Å²) in [6.45, 7) is 0. The first-order chi connectivity index (χ1) is 16.6. The smallest absolute Gasteiger partial charge is 0.343 e. The number of carbonyl (C=O) groups excluding carboxylic acids is 2. The first kappa shape index (κ1) is 23.1. The number of hydrogen-bond donors (Lipinski definition) is 3. The van der Waals surface area contributed by atoms with E-state index in [1.54, 1.807) is 6.07 Å². The van der Waals surface area contributed by atoms with Crippen LogP contribution in [0.15, 0.2) is 35.1 Å². The molecule has 10 nitrogen and oxygen atoms in total. The van der Waals surface area contributed by atoms with Gasteiger partial charge in [0.15, 0.2) is 11.8 Å². The van der Waals surface area contributed by atoms with E-state index in [9.17, 15) is 23.2 Å². The number of nitrogens with zero attached hydrogens (tertiary/aromatic N) is 3. The van der Waals surface area contributed by atoms with Gasteiger partial charge in [0.25, 0.3) is 12.3 Å². The number of imide groups is 1. The lowest BCUT2D eigenvalue weighted by molar-refractivity contribution is -0.121. The minimum absolute atomic E-state index is 0.00110. The molecule has 2 heterocycles. The molecule has 2 aliphatic rings. The summed E-state index contributed by atoms with van der Waals surface area (Å²) in [6.07, 6.45) is -2.35. The van der Waals surface area contributed by atoms with Gasteiger partial charge in [-0.05, 0) is 37.1 Å². The predicted octanol–water partition coefficient (Wildman–Crippen LogP) is 3.64. The Labute approximate surface area is 204 Å². The summed E-state index contributed by atoms with van der Waals surface area (Å²) in [5.74, 6) is -0.624. The van der Waals surface area contributed by atoms with Crippen LogP contribution in [0.3, 0.4) is 0 Å². The number of aromatic amines is 1. The molecule has 5 rings (SSSR count). The Morgan fingerprint density at radius 2 is 1.83 bits per heavy atom. The highest BCUT2D eigenvalue weighted by Crippen LogP contribution is 2.49. The maximum atomic E-state index is 13.7. The van der Waals surface area contributed by atoms with Crippen LogP contribution in [0, 0.1) is 11.3 Å². The molecule has 35 heavy (non-hydrogen) atoms. The predicted molar refractivity (Wildman–Crippen MR) is 121 cm³/mol. The van der Waals surface area contributed by atoms with Crippen molar-refractivity contribution in [3.8, 4) is 17.6 Å². The normalized spacial score (nSPS) is 19.1. The summed E-state index contributed by atoms with van der Waals surface area (Å²) in [5, 5.41) is 12.0. The van der Waals surface area contributed by atoms with Crippen molar-refractivity contribution in [3.63, 3.8) is 0 Å². The van der Waals surface area contributed by atoms with Crippen LogP contribution < -0.4 is 26.2 Å². The van der Waals surface area contributed by atoms with Gasteiger partial charge < -0.3 is 9.72 Å². The van der Waals surface area contributed by atoms with Crippen molar-refractivity contribution in [2.75, 3.05) is 5.01 Å². The minimum atomic E-state index is -2.71. The molecule has 180 valence electrons. The highest BCUT2D eigenvalue weighted by Gasteiger charge is 2.54.